The van der Waals surface area contributed by atoms with Crippen molar-refractivity contribution in [2.24, 2.45) is 0 Å². The smallest absolute Gasteiger partial charge is 0.307 e. The first-order valence-electron chi connectivity index (χ1n) is 7.61. The number of phenolic OH excluding ortho intramolecular Hbond substituents is 1. The third-order valence-electron chi connectivity index (χ3n) is 3.68. The highest BCUT2D eigenvalue weighted by Gasteiger charge is 2.48. The Labute approximate surface area is 148 Å². The highest BCUT2D eigenvalue weighted by Crippen LogP contribution is 2.36. The molecular weight excluding hydrogens is 356 g/mol. The predicted octanol–water partition coefficient (Wildman–Crippen LogP) is 1.05. The van der Waals surface area contributed by atoms with Crippen LogP contribution in [0.1, 0.15) is 31.9 Å². The maximum atomic E-state index is 11.6. The van der Waals surface area contributed by atoms with E-state index in [-0.39, 0.29) is 17.2 Å². The molecule has 1 heterocycles. The van der Waals surface area contributed by atoms with Gasteiger partial charge in [-0.1, -0.05) is 24.6 Å². The number of hydrogen-bond acceptors (Lipinski definition) is 8. The van der Waals surface area contributed by atoms with Gasteiger partial charge in [0, 0.05) is 13.3 Å². The first-order valence-corrected chi connectivity index (χ1v) is 7.99. The molecule has 138 valence electrons. The third-order valence-corrected chi connectivity index (χ3v) is 4.00. The number of hydrogen-bond donors (Lipinski definition) is 3. The first kappa shape index (κ1) is 19.5. The standard InChI is InChI=1S/C16H19ClO8/c1-3-11(20)24-16-15(23-7(2)18)13(22)12(21)14(25-16)8-4-5-9(17)10(19)6-8/h4-6,12-16,19,21-22H,3H2,1-2H3/t12-,13+,14+,15-,16-/m0/s1. The zero-order valence-corrected chi connectivity index (χ0v) is 14.3. The number of aromatic hydroxyl groups is 1. The largest absolute Gasteiger partial charge is 0.506 e. The number of phenols is 1. The van der Waals surface area contributed by atoms with Crippen molar-refractivity contribution in [2.75, 3.05) is 0 Å². The lowest BCUT2D eigenvalue weighted by molar-refractivity contribution is -0.294. The van der Waals surface area contributed by atoms with Crippen LogP contribution in [0.25, 0.3) is 0 Å². The molecule has 0 aliphatic carbocycles. The van der Waals surface area contributed by atoms with Crippen molar-refractivity contribution in [3.05, 3.63) is 28.8 Å². The molecule has 1 saturated heterocycles. The third kappa shape index (κ3) is 4.40. The van der Waals surface area contributed by atoms with Crippen molar-refractivity contribution in [3.8, 4) is 5.75 Å². The minimum absolute atomic E-state index is 0.0394. The number of carbonyl (C=O) groups excluding carboxylic acids is 2. The van der Waals surface area contributed by atoms with Crippen molar-refractivity contribution >= 4 is 23.5 Å². The van der Waals surface area contributed by atoms with Crippen LogP contribution in [0.3, 0.4) is 0 Å². The quantitative estimate of drug-likeness (QED) is 0.668. The fourth-order valence-corrected chi connectivity index (χ4v) is 2.56. The molecule has 9 heteroatoms. The van der Waals surface area contributed by atoms with E-state index in [1.807, 2.05) is 0 Å². The summed E-state index contributed by atoms with van der Waals surface area (Å²) in [7, 11) is 0. The van der Waals surface area contributed by atoms with E-state index < -0.39 is 42.6 Å². The molecule has 2 rings (SSSR count). The molecule has 1 aromatic carbocycles. The molecule has 0 radical (unpaired) electrons. The van der Waals surface area contributed by atoms with E-state index in [1.165, 1.54) is 18.2 Å². The molecule has 1 aliphatic heterocycles. The monoisotopic (exact) mass is 374 g/mol. The van der Waals surface area contributed by atoms with Crippen molar-refractivity contribution < 1.29 is 39.1 Å². The number of benzene rings is 1. The second kappa shape index (κ2) is 8.01. The van der Waals surface area contributed by atoms with Crippen LogP contribution in [0, 0.1) is 0 Å². The van der Waals surface area contributed by atoms with Crippen LogP contribution in [0.2, 0.25) is 5.02 Å². The summed E-state index contributed by atoms with van der Waals surface area (Å²) < 4.78 is 15.6. The number of halogens is 1. The minimum atomic E-state index is -1.57. The maximum Gasteiger partial charge on any atom is 0.307 e. The van der Waals surface area contributed by atoms with E-state index in [1.54, 1.807) is 6.92 Å². The molecule has 1 fully saturated rings. The fourth-order valence-electron chi connectivity index (χ4n) is 2.44. The lowest BCUT2D eigenvalue weighted by Crippen LogP contribution is -2.56. The van der Waals surface area contributed by atoms with Gasteiger partial charge in [0.25, 0.3) is 0 Å². The number of esters is 2. The maximum absolute atomic E-state index is 11.6. The molecule has 0 bridgehead atoms. The van der Waals surface area contributed by atoms with Gasteiger partial charge in [0.15, 0.2) is 6.10 Å². The van der Waals surface area contributed by atoms with Crippen molar-refractivity contribution in [2.45, 2.75) is 51.0 Å². The minimum Gasteiger partial charge on any atom is -0.506 e. The Balaban J connectivity index is 2.32. The van der Waals surface area contributed by atoms with Crippen LogP contribution < -0.4 is 0 Å². The molecular formula is C16H19ClO8. The molecule has 5 atom stereocenters. The van der Waals surface area contributed by atoms with Crippen LogP contribution in [-0.4, -0.2) is 51.9 Å². The average molecular weight is 375 g/mol. The summed E-state index contributed by atoms with van der Waals surface area (Å²) >= 11 is 5.75. The van der Waals surface area contributed by atoms with Gasteiger partial charge in [-0.3, -0.25) is 9.59 Å². The molecule has 0 unspecified atom stereocenters. The van der Waals surface area contributed by atoms with Crippen LogP contribution in [0.15, 0.2) is 18.2 Å². The zero-order valence-electron chi connectivity index (χ0n) is 13.6. The van der Waals surface area contributed by atoms with Crippen molar-refractivity contribution in [1.29, 1.82) is 0 Å². The summed E-state index contributed by atoms with van der Waals surface area (Å²) in [6.45, 7) is 2.67. The Hall–Kier alpha value is -1.87. The lowest BCUT2D eigenvalue weighted by atomic mass is 9.93. The molecule has 0 saturated carbocycles. The Morgan fingerprint density at radius 2 is 1.92 bits per heavy atom. The topological polar surface area (TPSA) is 123 Å². The van der Waals surface area contributed by atoms with Crippen molar-refractivity contribution in [1.82, 2.24) is 0 Å². The van der Waals surface area contributed by atoms with Gasteiger partial charge in [-0.2, -0.15) is 0 Å². The zero-order chi connectivity index (χ0) is 18.7. The summed E-state index contributed by atoms with van der Waals surface area (Å²) in [6.07, 6.45) is -6.98. The van der Waals surface area contributed by atoms with Crippen molar-refractivity contribution in [3.63, 3.8) is 0 Å². The van der Waals surface area contributed by atoms with E-state index >= 15 is 0 Å². The van der Waals surface area contributed by atoms with Crippen LogP contribution in [0.4, 0.5) is 0 Å². The van der Waals surface area contributed by atoms with Gasteiger partial charge in [0.2, 0.25) is 6.29 Å². The normalized spacial score (nSPS) is 29.1. The number of aliphatic hydroxyl groups excluding tert-OH is 2. The van der Waals surface area contributed by atoms with Crippen LogP contribution in [-0.2, 0) is 23.8 Å². The van der Waals surface area contributed by atoms with Crippen LogP contribution in [0.5, 0.6) is 5.75 Å². The second-order valence-electron chi connectivity index (χ2n) is 5.53. The highest BCUT2D eigenvalue weighted by molar-refractivity contribution is 6.32. The van der Waals surface area contributed by atoms with E-state index in [0.29, 0.717) is 5.56 Å². The summed E-state index contributed by atoms with van der Waals surface area (Å²) in [5.74, 6) is -1.61. The first-order chi connectivity index (χ1) is 11.7. The molecule has 25 heavy (non-hydrogen) atoms. The molecule has 0 aromatic heterocycles. The van der Waals surface area contributed by atoms with Gasteiger partial charge in [-0.15, -0.1) is 0 Å². The molecule has 8 nitrogen and oxygen atoms in total. The molecule has 3 N–H and O–H groups in total. The Kier molecular flexibility index (Phi) is 6.23. The Bertz CT molecular complexity index is 649. The number of carbonyl (C=O) groups is 2. The Morgan fingerprint density at radius 1 is 1.24 bits per heavy atom. The number of aliphatic hydroxyl groups is 2. The number of ether oxygens (including phenoxy) is 3. The summed E-state index contributed by atoms with van der Waals surface area (Å²) in [6, 6.07) is 4.13. The summed E-state index contributed by atoms with van der Waals surface area (Å²) in [5.41, 5.74) is 0.298. The molecule has 0 amide bonds. The van der Waals surface area contributed by atoms with Gasteiger partial charge in [0.1, 0.15) is 24.1 Å². The summed E-state index contributed by atoms with van der Waals surface area (Å²) in [5, 5.41) is 30.4. The fraction of sp³-hybridized carbons (Fsp3) is 0.500. The van der Waals surface area contributed by atoms with E-state index in [9.17, 15) is 24.9 Å². The van der Waals surface area contributed by atoms with Gasteiger partial charge in [0.05, 0.1) is 5.02 Å². The Morgan fingerprint density at radius 3 is 2.48 bits per heavy atom. The molecule has 1 aliphatic rings. The lowest BCUT2D eigenvalue weighted by Gasteiger charge is -2.41. The molecule has 1 aromatic rings. The summed E-state index contributed by atoms with van der Waals surface area (Å²) in [4.78, 5) is 22.8. The predicted molar refractivity (Wildman–Crippen MR) is 84.7 cm³/mol. The van der Waals surface area contributed by atoms with Gasteiger partial charge in [-0.05, 0) is 17.7 Å². The average Bonchev–Trinajstić information content (AvgIpc) is 2.56. The SMILES string of the molecule is CCC(=O)O[C@H]1O[C@H](c2ccc(Cl)c(O)c2)[C@@H](O)[C@@H](O)[C@@H]1OC(C)=O. The van der Waals surface area contributed by atoms with Gasteiger partial charge in [-0.25, -0.2) is 0 Å². The van der Waals surface area contributed by atoms with Gasteiger partial charge < -0.3 is 29.5 Å². The second-order valence-corrected chi connectivity index (χ2v) is 5.94. The van der Waals surface area contributed by atoms with E-state index in [4.69, 9.17) is 25.8 Å². The van der Waals surface area contributed by atoms with E-state index in [2.05, 4.69) is 0 Å². The highest BCUT2D eigenvalue weighted by atomic mass is 35.5. The van der Waals surface area contributed by atoms with Gasteiger partial charge >= 0.3 is 11.9 Å². The number of rotatable bonds is 4. The molecule has 0 spiro atoms. The van der Waals surface area contributed by atoms with Crippen LogP contribution >= 0.6 is 11.6 Å². The van der Waals surface area contributed by atoms with E-state index in [0.717, 1.165) is 6.92 Å².